The first-order valence-electron chi connectivity index (χ1n) is 8.39. The largest absolute Gasteiger partial charge is 0.123 e. The van der Waals surface area contributed by atoms with Crippen LogP contribution in [0.15, 0.2) is 66.7 Å². The van der Waals surface area contributed by atoms with E-state index in [0.29, 0.717) is 0 Å². The highest BCUT2D eigenvalue weighted by Crippen LogP contribution is 2.49. The van der Waals surface area contributed by atoms with E-state index in [1.54, 1.807) is 0 Å². The molecule has 1 unspecified atom stereocenters. The van der Waals surface area contributed by atoms with Crippen LogP contribution < -0.4 is 0 Å². The summed E-state index contributed by atoms with van der Waals surface area (Å²) < 4.78 is 0. The van der Waals surface area contributed by atoms with Crippen LogP contribution in [0.1, 0.15) is 16.7 Å². The van der Waals surface area contributed by atoms with Crippen molar-refractivity contribution in [2.24, 2.45) is 0 Å². The van der Waals surface area contributed by atoms with Crippen molar-refractivity contribution in [3.8, 4) is 22.0 Å². The van der Waals surface area contributed by atoms with Gasteiger partial charge in [-0.05, 0) is 53.5 Å². The molecule has 0 N–H and O–H groups in total. The van der Waals surface area contributed by atoms with Crippen molar-refractivity contribution in [1.29, 1.82) is 0 Å². The second kappa shape index (κ2) is 5.96. The Labute approximate surface area is 145 Å². The fourth-order valence-electron chi connectivity index (χ4n) is 3.80. The van der Waals surface area contributed by atoms with E-state index >= 15 is 0 Å². The average molecular weight is 328 g/mol. The second-order valence-electron chi connectivity index (χ2n) is 6.56. The Hall–Kier alpha value is -2.30. The topological polar surface area (TPSA) is 0 Å². The van der Waals surface area contributed by atoms with Gasteiger partial charge < -0.3 is 0 Å². The molecule has 0 radical (unpaired) electrons. The van der Waals surface area contributed by atoms with Crippen LogP contribution >= 0.6 is 8.19 Å². The van der Waals surface area contributed by atoms with Gasteiger partial charge in [-0.1, -0.05) is 72.3 Å². The minimum absolute atomic E-state index is 0.724. The molecule has 0 saturated carbocycles. The maximum atomic E-state index is 2.31. The van der Waals surface area contributed by atoms with Gasteiger partial charge in [0.2, 0.25) is 0 Å². The van der Waals surface area contributed by atoms with Crippen LogP contribution in [0.3, 0.4) is 0 Å². The molecule has 3 aromatic carbocycles. The van der Waals surface area contributed by atoms with E-state index in [0.717, 1.165) is 8.19 Å². The second-order valence-corrected chi connectivity index (χ2v) is 7.85. The lowest BCUT2D eigenvalue weighted by Crippen LogP contribution is -1.91. The van der Waals surface area contributed by atoms with Crippen molar-refractivity contribution in [3.63, 3.8) is 0 Å². The first kappa shape index (κ1) is 15.2. The Bertz CT molecular complexity index is 1000. The molecule has 1 atom stereocenters. The molecule has 4 aromatic rings. The molecule has 1 heterocycles. The lowest BCUT2D eigenvalue weighted by molar-refractivity contribution is 1.33. The van der Waals surface area contributed by atoms with Crippen LogP contribution in [0.5, 0.6) is 0 Å². The third-order valence-corrected chi connectivity index (χ3v) is 6.19. The Morgan fingerprint density at radius 2 is 1.29 bits per heavy atom. The van der Waals surface area contributed by atoms with E-state index < -0.39 is 0 Å². The van der Waals surface area contributed by atoms with E-state index in [1.165, 1.54) is 49.2 Å². The molecule has 1 heteroatoms. The van der Waals surface area contributed by atoms with Gasteiger partial charge in [0.1, 0.15) is 0 Å². The number of rotatable bonds is 2. The summed E-state index contributed by atoms with van der Waals surface area (Å²) in [5, 5.41) is 4.35. The highest BCUT2D eigenvalue weighted by molar-refractivity contribution is 7.41. The van der Waals surface area contributed by atoms with Crippen molar-refractivity contribution in [2.75, 3.05) is 0 Å². The fourth-order valence-corrected chi connectivity index (χ4v) is 5.28. The van der Waals surface area contributed by atoms with E-state index in [-0.39, 0.29) is 0 Å². The van der Waals surface area contributed by atoms with Gasteiger partial charge >= 0.3 is 0 Å². The van der Waals surface area contributed by atoms with Gasteiger partial charge in [-0.25, -0.2) is 0 Å². The number of hydrogen-bond donors (Lipinski definition) is 0. The predicted octanol–water partition coefficient (Wildman–Crippen LogP) is 7.13. The van der Waals surface area contributed by atoms with Gasteiger partial charge in [0.05, 0.1) is 0 Å². The Balaban J connectivity index is 2.12. The van der Waals surface area contributed by atoms with E-state index in [2.05, 4.69) is 87.5 Å². The summed E-state index contributed by atoms with van der Waals surface area (Å²) in [7, 11) is 0.724. The summed E-state index contributed by atoms with van der Waals surface area (Å²) in [5.74, 6) is 0. The number of fused-ring (bicyclic) bond motifs is 1. The molecule has 1 aromatic heterocycles. The summed E-state index contributed by atoms with van der Waals surface area (Å²) in [6.45, 7) is 6.67. The molecule has 0 bridgehead atoms. The maximum Gasteiger partial charge on any atom is 0.00725 e. The third-order valence-electron chi connectivity index (χ3n) is 4.70. The molecule has 0 fully saturated rings. The molecule has 118 valence electrons. The summed E-state index contributed by atoms with van der Waals surface area (Å²) in [5.41, 5.74) is 8.28. The first-order valence-corrected chi connectivity index (χ1v) is 9.39. The van der Waals surface area contributed by atoms with Crippen molar-refractivity contribution >= 4 is 18.7 Å². The molecule has 24 heavy (non-hydrogen) atoms. The molecule has 0 aliphatic rings. The Kier molecular flexibility index (Phi) is 3.79. The zero-order valence-corrected chi connectivity index (χ0v) is 15.4. The van der Waals surface area contributed by atoms with Gasteiger partial charge in [-0.3, -0.25) is 0 Å². The zero-order valence-electron chi connectivity index (χ0n) is 14.4. The third kappa shape index (κ3) is 2.48. The van der Waals surface area contributed by atoms with E-state index in [4.69, 9.17) is 0 Å². The quantitative estimate of drug-likeness (QED) is 0.367. The van der Waals surface area contributed by atoms with Crippen molar-refractivity contribution in [2.45, 2.75) is 20.8 Å². The standard InChI is InChI=1S/C23H21P/c1-15-13-16(2)21(17(3)14-15)22-19-11-7-8-12-20(19)24-23(22)18-9-5-4-6-10-18/h4-14,24H,1-3H3. The van der Waals surface area contributed by atoms with Crippen molar-refractivity contribution < 1.29 is 0 Å². The molecule has 0 spiro atoms. The van der Waals surface area contributed by atoms with Crippen LogP contribution in [0.4, 0.5) is 0 Å². The first-order chi connectivity index (χ1) is 11.6. The summed E-state index contributed by atoms with van der Waals surface area (Å²) in [6.07, 6.45) is 0. The number of aryl methyl sites for hydroxylation is 3. The maximum absolute atomic E-state index is 2.31. The smallest absolute Gasteiger partial charge is 0.00725 e. The van der Waals surface area contributed by atoms with Gasteiger partial charge in [0, 0.05) is 10.9 Å². The molecule has 0 aliphatic heterocycles. The minimum atomic E-state index is 0.724. The molecule has 0 amide bonds. The van der Waals surface area contributed by atoms with Crippen LogP contribution in [0.2, 0.25) is 0 Å². The Morgan fingerprint density at radius 3 is 2.00 bits per heavy atom. The van der Waals surface area contributed by atoms with E-state index in [9.17, 15) is 0 Å². The monoisotopic (exact) mass is 328 g/mol. The minimum Gasteiger partial charge on any atom is -0.123 e. The predicted molar refractivity (Wildman–Crippen MR) is 109 cm³/mol. The Morgan fingerprint density at radius 1 is 0.667 bits per heavy atom. The van der Waals surface area contributed by atoms with Crippen LogP contribution in [-0.4, -0.2) is 0 Å². The molecular weight excluding hydrogens is 307 g/mol. The SMILES string of the molecule is Cc1cc(C)c(-c2c(-c3ccccc3)[pH]c3ccccc23)c(C)c1. The zero-order chi connectivity index (χ0) is 16.7. The summed E-state index contributed by atoms with van der Waals surface area (Å²) >= 11 is 0. The van der Waals surface area contributed by atoms with Gasteiger partial charge in [-0.15, -0.1) is 8.19 Å². The molecule has 0 aliphatic carbocycles. The van der Waals surface area contributed by atoms with Gasteiger partial charge in [0.15, 0.2) is 0 Å². The molecule has 4 rings (SSSR count). The van der Waals surface area contributed by atoms with E-state index in [1.807, 2.05) is 0 Å². The molecule has 0 nitrogen and oxygen atoms in total. The molecule has 0 saturated heterocycles. The lowest BCUT2D eigenvalue weighted by Gasteiger charge is -2.14. The van der Waals surface area contributed by atoms with Crippen LogP contribution in [0, 0.1) is 20.8 Å². The van der Waals surface area contributed by atoms with Crippen LogP contribution in [-0.2, 0) is 0 Å². The normalized spacial score (nSPS) is 11.5. The number of benzene rings is 3. The summed E-state index contributed by atoms with van der Waals surface area (Å²) in [4.78, 5) is 0. The van der Waals surface area contributed by atoms with Gasteiger partial charge in [0.25, 0.3) is 0 Å². The fraction of sp³-hybridized carbons (Fsp3) is 0.130. The number of hydrogen-bond acceptors (Lipinski definition) is 0. The van der Waals surface area contributed by atoms with Crippen molar-refractivity contribution in [1.82, 2.24) is 0 Å². The summed E-state index contributed by atoms with van der Waals surface area (Å²) in [6, 6.07) is 24.4. The highest BCUT2D eigenvalue weighted by Gasteiger charge is 2.17. The van der Waals surface area contributed by atoms with Gasteiger partial charge in [-0.2, -0.15) is 0 Å². The highest BCUT2D eigenvalue weighted by atomic mass is 31.0. The molecular formula is C23H21P. The van der Waals surface area contributed by atoms with Crippen molar-refractivity contribution in [3.05, 3.63) is 83.4 Å². The van der Waals surface area contributed by atoms with Crippen LogP contribution in [0.25, 0.3) is 32.5 Å². The lowest BCUT2D eigenvalue weighted by atomic mass is 9.90. The average Bonchev–Trinajstić information content (AvgIpc) is 2.94.